The fraction of sp³-hybridized carbons (Fsp3) is 0.533. The second-order valence-electron chi connectivity index (χ2n) is 5.51. The number of halogens is 2. The fourth-order valence-electron chi connectivity index (χ4n) is 2.94. The number of hydrogen-bond acceptors (Lipinski definition) is 2. The van der Waals surface area contributed by atoms with E-state index in [0.717, 1.165) is 17.3 Å². The van der Waals surface area contributed by atoms with Crippen molar-refractivity contribution in [2.75, 3.05) is 5.32 Å². The van der Waals surface area contributed by atoms with Crippen LogP contribution in [0.25, 0.3) is 0 Å². The van der Waals surface area contributed by atoms with Crippen LogP contribution in [-0.4, -0.2) is 28.9 Å². The highest BCUT2D eigenvalue weighted by molar-refractivity contribution is 9.10. The molecule has 0 spiro atoms. The van der Waals surface area contributed by atoms with Gasteiger partial charge in [0.2, 0.25) is 5.91 Å². The highest BCUT2D eigenvalue weighted by Gasteiger charge is 2.34. The number of carbonyl (C=O) groups is 1. The van der Waals surface area contributed by atoms with E-state index in [1.165, 1.54) is 0 Å². The van der Waals surface area contributed by atoms with Gasteiger partial charge in [-0.1, -0.05) is 27.5 Å². The molecule has 1 fully saturated rings. The molecule has 1 aliphatic heterocycles. The zero-order chi connectivity index (χ0) is 14.9. The van der Waals surface area contributed by atoms with Gasteiger partial charge in [-0.3, -0.25) is 9.69 Å². The third-order valence-corrected chi connectivity index (χ3v) is 4.86. The minimum absolute atomic E-state index is 0.00870. The Bertz CT molecular complexity index is 499. The first-order chi connectivity index (χ1) is 9.40. The lowest BCUT2D eigenvalue weighted by atomic mass is 10.2. The van der Waals surface area contributed by atoms with E-state index in [1.807, 2.05) is 19.1 Å². The summed E-state index contributed by atoms with van der Waals surface area (Å²) in [5.41, 5.74) is 0.650. The first kappa shape index (κ1) is 15.8. The second-order valence-corrected chi connectivity index (χ2v) is 6.83. The van der Waals surface area contributed by atoms with Crippen LogP contribution in [0.5, 0.6) is 0 Å². The molecular weight excluding hydrogens is 340 g/mol. The van der Waals surface area contributed by atoms with Crippen LogP contribution in [-0.2, 0) is 4.79 Å². The van der Waals surface area contributed by atoms with E-state index < -0.39 is 0 Å². The standard InChI is InChI=1S/C15H20BrClN2O/c1-9-4-5-10(2)19(9)11(3)15(20)18-14-8-12(16)6-7-13(14)17/h6-11H,4-5H2,1-3H3,(H,18,20). The molecular formula is C15H20BrClN2O. The van der Waals surface area contributed by atoms with Gasteiger partial charge >= 0.3 is 0 Å². The number of nitrogens with zero attached hydrogens (tertiary/aromatic N) is 1. The van der Waals surface area contributed by atoms with Gasteiger partial charge in [-0.15, -0.1) is 0 Å². The summed E-state index contributed by atoms with van der Waals surface area (Å²) in [7, 11) is 0. The van der Waals surface area contributed by atoms with Gasteiger partial charge in [-0.2, -0.15) is 0 Å². The average Bonchev–Trinajstić information content (AvgIpc) is 2.72. The molecule has 0 saturated carbocycles. The lowest BCUT2D eigenvalue weighted by Gasteiger charge is -2.31. The van der Waals surface area contributed by atoms with Crippen molar-refractivity contribution < 1.29 is 4.79 Å². The molecule has 1 aromatic rings. The van der Waals surface area contributed by atoms with E-state index in [-0.39, 0.29) is 11.9 Å². The molecule has 0 radical (unpaired) electrons. The summed E-state index contributed by atoms with van der Waals surface area (Å²) in [6, 6.07) is 6.19. The summed E-state index contributed by atoms with van der Waals surface area (Å²) in [4.78, 5) is 14.7. The number of rotatable bonds is 3. The highest BCUT2D eigenvalue weighted by atomic mass is 79.9. The maximum Gasteiger partial charge on any atom is 0.241 e. The fourth-order valence-corrected chi connectivity index (χ4v) is 3.47. The number of likely N-dealkylation sites (tertiary alicyclic amines) is 1. The van der Waals surface area contributed by atoms with E-state index in [9.17, 15) is 4.79 Å². The van der Waals surface area contributed by atoms with Crippen LogP contribution < -0.4 is 5.32 Å². The summed E-state index contributed by atoms with van der Waals surface area (Å²) >= 11 is 9.50. The zero-order valence-electron chi connectivity index (χ0n) is 12.0. The molecule has 1 aromatic carbocycles. The average molecular weight is 360 g/mol. The minimum Gasteiger partial charge on any atom is -0.323 e. The Labute approximate surface area is 133 Å². The van der Waals surface area contributed by atoms with E-state index in [0.29, 0.717) is 22.8 Å². The van der Waals surface area contributed by atoms with Gasteiger partial charge in [0, 0.05) is 16.6 Å². The van der Waals surface area contributed by atoms with Crippen molar-refractivity contribution in [2.45, 2.75) is 51.7 Å². The van der Waals surface area contributed by atoms with Crippen molar-refractivity contribution in [3.8, 4) is 0 Å². The Kier molecular flexibility index (Phi) is 5.10. The normalized spacial score (nSPS) is 24.6. The molecule has 3 unspecified atom stereocenters. The number of carbonyl (C=O) groups excluding carboxylic acids is 1. The molecule has 0 aliphatic carbocycles. The van der Waals surface area contributed by atoms with Crippen molar-refractivity contribution in [2.24, 2.45) is 0 Å². The molecule has 1 heterocycles. The molecule has 5 heteroatoms. The summed E-state index contributed by atoms with van der Waals surface area (Å²) < 4.78 is 0.896. The lowest BCUT2D eigenvalue weighted by Crippen LogP contribution is -2.46. The minimum atomic E-state index is -0.155. The predicted molar refractivity (Wildman–Crippen MR) is 87.2 cm³/mol. The van der Waals surface area contributed by atoms with Crippen molar-refractivity contribution in [1.29, 1.82) is 0 Å². The maximum atomic E-state index is 12.4. The first-order valence-corrected chi connectivity index (χ1v) is 8.10. The third kappa shape index (κ3) is 3.35. The Morgan fingerprint density at radius 1 is 1.40 bits per heavy atom. The largest absolute Gasteiger partial charge is 0.323 e. The van der Waals surface area contributed by atoms with Crippen LogP contribution in [0.2, 0.25) is 5.02 Å². The Balaban J connectivity index is 2.09. The van der Waals surface area contributed by atoms with Crippen LogP contribution >= 0.6 is 27.5 Å². The van der Waals surface area contributed by atoms with Gasteiger partial charge in [-0.25, -0.2) is 0 Å². The molecule has 3 nitrogen and oxygen atoms in total. The van der Waals surface area contributed by atoms with Gasteiger partial charge in [-0.05, 0) is 51.8 Å². The zero-order valence-corrected chi connectivity index (χ0v) is 14.3. The van der Waals surface area contributed by atoms with Gasteiger partial charge in [0.1, 0.15) is 0 Å². The predicted octanol–water partition coefficient (Wildman–Crippen LogP) is 4.30. The van der Waals surface area contributed by atoms with Gasteiger partial charge in [0.15, 0.2) is 0 Å². The molecule has 1 saturated heterocycles. The van der Waals surface area contributed by atoms with Gasteiger partial charge in [0.25, 0.3) is 0 Å². The van der Waals surface area contributed by atoms with E-state index in [1.54, 1.807) is 6.07 Å². The SMILES string of the molecule is CC1CCC(C)N1C(C)C(=O)Nc1cc(Br)ccc1Cl. The van der Waals surface area contributed by atoms with Crippen molar-refractivity contribution in [3.63, 3.8) is 0 Å². The van der Waals surface area contributed by atoms with Crippen LogP contribution in [0, 0.1) is 0 Å². The Hall–Kier alpha value is -0.580. The quantitative estimate of drug-likeness (QED) is 0.872. The van der Waals surface area contributed by atoms with Crippen LogP contribution in [0.4, 0.5) is 5.69 Å². The van der Waals surface area contributed by atoms with Crippen molar-refractivity contribution in [1.82, 2.24) is 4.90 Å². The molecule has 110 valence electrons. The number of hydrogen-bond donors (Lipinski definition) is 1. The summed E-state index contributed by atoms with van der Waals surface area (Å²) in [5, 5.41) is 3.48. The monoisotopic (exact) mass is 358 g/mol. The molecule has 1 N–H and O–H groups in total. The van der Waals surface area contributed by atoms with Crippen LogP contribution in [0.1, 0.15) is 33.6 Å². The van der Waals surface area contributed by atoms with E-state index in [2.05, 4.69) is 40.0 Å². The topological polar surface area (TPSA) is 32.3 Å². The summed E-state index contributed by atoms with van der Waals surface area (Å²) in [5.74, 6) is -0.00870. The number of nitrogens with one attached hydrogen (secondary N) is 1. The van der Waals surface area contributed by atoms with Crippen molar-refractivity contribution >= 4 is 39.1 Å². The maximum absolute atomic E-state index is 12.4. The van der Waals surface area contributed by atoms with Crippen LogP contribution in [0.3, 0.4) is 0 Å². The third-order valence-electron chi connectivity index (χ3n) is 4.03. The second kappa shape index (κ2) is 6.46. The molecule has 3 atom stereocenters. The Morgan fingerprint density at radius 2 is 2.00 bits per heavy atom. The van der Waals surface area contributed by atoms with Crippen molar-refractivity contribution in [3.05, 3.63) is 27.7 Å². The first-order valence-electron chi connectivity index (χ1n) is 6.93. The summed E-state index contributed by atoms with van der Waals surface area (Å²) in [6.45, 7) is 6.32. The molecule has 1 aliphatic rings. The lowest BCUT2D eigenvalue weighted by molar-refractivity contribution is -0.121. The summed E-state index contributed by atoms with van der Waals surface area (Å²) in [6.07, 6.45) is 2.30. The molecule has 1 amide bonds. The number of anilines is 1. The molecule has 0 bridgehead atoms. The Morgan fingerprint density at radius 3 is 2.60 bits per heavy atom. The van der Waals surface area contributed by atoms with Gasteiger partial charge in [0.05, 0.1) is 16.8 Å². The highest BCUT2D eigenvalue weighted by Crippen LogP contribution is 2.28. The number of amides is 1. The van der Waals surface area contributed by atoms with E-state index >= 15 is 0 Å². The molecule has 0 aromatic heterocycles. The van der Waals surface area contributed by atoms with Crippen LogP contribution in [0.15, 0.2) is 22.7 Å². The number of benzene rings is 1. The molecule has 2 rings (SSSR count). The molecule has 20 heavy (non-hydrogen) atoms. The van der Waals surface area contributed by atoms with Gasteiger partial charge < -0.3 is 5.32 Å². The smallest absolute Gasteiger partial charge is 0.241 e. The van der Waals surface area contributed by atoms with E-state index in [4.69, 9.17) is 11.6 Å².